The lowest BCUT2D eigenvalue weighted by molar-refractivity contribution is -0.577. The van der Waals surface area contributed by atoms with Crippen LogP contribution in [0.25, 0.3) is 11.5 Å². The number of nitrogens with zero attached hydrogens (tertiary/aromatic N) is 1. The van der Waals surface area contributed by atoms with Gasteiger partial charge in [0, 0.05) is 18.7 Å². The minimum atomic E-state index is -0.273. The largest absolute Gasteiger partial charge is 0.867 e. The van der Waals surface area contributed by atoms with Gasteiger partial charge in [-0.25, -0.2) is 0 Å². The maximum absolute atomic E-state index is 13.2. The number of pyridine rings is 1. The van der Waals surface area contributed by atoms with Crippen LogP contribution in [0.2, 0.25) is 0 Å². The average Bonchev–Trinajstić information content (AvgIpc) is 2.66. The zero-order valence-corrected chi connectivity index (χ0v) is 14.7. The number of carbonyl (C=O) groups excluding carboxylic acids is 1. The monoisotopic (exact) mass is 367 g/mol. The van der Waals surface area contributed by atoms with Crippen molar-refractivity contribution >= 4 is 40.3 Å². The number of ether oxygens (including phenoxy) is 1. The number of rotatable bonds is 5. The Labute approximate surface area is 156 Å². The van der Waals surface area contributed by atoms with Crippen LogP contribution in [0.4, 0.5) is 5.69 Å². The Morgan fingerprint density at radius 1 is 1.38 bits per heavy atom. The maximum atomic E-state index is 13.2. The Balaban J connectivity index is 2.07. The molecule has 0 saturated carbocycles. The summed E-state index contributed by atoms with van der Waals surface area (Å²) >= 11 is 5.41. The second kappa shape index (κ2) is 7.79. The number of nitrogens with one attached hydrogen (secondary N) is 2. The first-order chi connectivity index (χ1) is 12.6. The van der Waals surface area contributed by atoms with Crippen LogP contribution in [0.3, 0.4) is 0 Å². The maximum Gasteiger partial charge on any atom is 0.262 e. The highest BCUT2D eigenvalue weighted by atomic mass is 32.1. The van der Waals surface area contributed by atoms with Gasteiger partial charge in [-0.3, -0.25) is 4.79 Å². The van der Waals surface area contributed by atoms with Gasteiger partial charge in [-0.05, 0) is 23.5 Å². The molecule has 1 aromatic heterocycles. The molecule has 26 heavy (non-hydrogen) atoms. The number of amides is 1. The van der Waals surface area contributed by atoms with Crippen LogP contribution in [0.15, 0.2) is 61.4 Å². The van der Waals surface area contributed by atoms with Gasteiger partial charge in [-0.1, -0.05) is 30.4 Å². The van der Waals surface area contributed by atoms with Gasteiger partial charge in [0.25, 0.3) is 5.91 Å². The van der Waals surface area contributed by atoms with E-state index in [4.69, 9.17) is 17.0 Å². The summed E-state index contributed by atoms with van der Waals surface area (Å²) in [5.74, 6) is -0.000264. The smallest absolute Gasteiger partial charge is 0.262 e. The molecule has 0 saturated heterocycles. The van der Waals surface area contributed by atoms with E-state index >= 15 is 0 Å². The van der Waals surface area contributed by atoms with E-state index < -0.39 is 0 Å². The number of hydrogen-bond donors (Lipinski definition) is 2. The molecule has 0 radical (unpaired) electrons. The molecule has 1 aromatic carbocycles. The second-order valence-electron chi connectivity index (χ2n) is 5.51. The molecular formula is C19H17N3O3S. The van der Waals surface area contributed by atoms with Crippen LogP contribution in [-0.4, -0.2) is 24.0 Å². The predicted molar refractivity (Wildman–Crippen MR) is 101 cm³/mol. The third kappa shape index (κ3) is 3.73. The Hall–Kier alpha value is -3.19. The summed E-state index contributed by atoms with van der Waals surface area (Å²) in [5, 5.41) is 18.8. The van der Waals surface area contributed by atoms with Crippen LogP contribution in [0, 0.1) is 0 Å². The lowest BCUT2D eigenvalue weighted by Crippen LogP contribution is -2.42. The van der Waals surface area contributed by atoms with E-state index in [9.17, 15) is 9.90 Å². The van der Waals surface area contributed by atoms with Gasteiger partial charge in [0.2, 0.25) is 5.70 Å². The van der Waals surface area contributed by atoms with Crippen molar-refractivity contribution in [3.63, 3.8) is 0 Å². The molecule has 0 aliphatic carbocycles. The van der Waals surface area contributed by atoms with Crippen molar-refractivity contribution < 1.29 is 19.2 Å². The van der Waals surface area contributed by atoms with E-state index in [0.29, 0.717) is 34.2 Å². The SMILES string of the molecule is C=CCNC(=S)/C(=C(/[O-])c1ccc2c(c1)NC(=O)CO2)[n+]1ccccc1. The van der Waals surface area contributed by atoms with E-state index in [-0.39, 0.29) is 18.3 Å². The average molecular weight is 367 g/mol. The van der Waals surface area contributed by atoms with Crippen molar-refractivity contribution in [2.45, 2.75) is 0 Å². The molecule has 0 bridgehead atoms. The molecule has 1 amide bonds. The summed E-state index contributed by atoms with van der Waals surface area (Å²) in [6.45, 7) is 4.05. The summed E-state index contributed by atoms with van der Waals surface area (Å²) in [7, 11) is 0. The highest BCUT2D eigenvalue weighted by molar-refractivity contribution is 7.81. The van der Waals surface area contributed by atoms with Crippen molar-refractivity contribution in [3.05, 3.63) is 67.0 Å². The molecule has 0 unspecified atom stereocenters. The summed E-state index contributed by atoms with van der Waals surface area (Å²) < 4.78 is 6.99. The van der Waals surface area contributed by atoms with E-state index in [1.807, 2.05) is 18.2 Å². The van der Waals surface area contributed by atoms with Gasteiger partial charge in [-0.2, -0.15) is 4.57 Å². The lowest BCUT2D eigenvalue weighted by Gasteiger charge is -2.21. The number of fused-ring (bicyclic) bond motifs is 1. The highest BCUT2D eigenvalue weighted by Gasteiger charge is 2.20. The Bertz CT molecular complexity index is 894. The predicted octanol–water partition coefficient (Wildman–Crippen LogP) is 1.09. The minimum absolute atomic E-state index is 0.0346. The quantitative estimate of drug-likeness (QED) is 0.272. The van der Waals surface area contributed by atoms with Gasteiger partial charge in [0.05, 0.1) is 5.69 Å². The number of aromatic nitrogens is 1. The van der Waals surface area contributed by atoms with Crippen molar-refractivity contribution in [3.8, 4) is 5.75 Å². The van der Waals surface area contributed by atoms with Crippen molar-refractivity contribution in [1.82, 2.24) is 5.32 Å². The normalized spacial score (nSPS) is 13.6. The molecular weight excluding hydrogens is 350 g/mol. The van der Waals surface area contributed by atoms with Gasteiger partial charge < -0.3 is 20.5 Å². The van der Waals surface area contributed by atoms with E-state index in [1.54, 1.807) is 41.2 Å². The fourth-order valence-corrected chi connectivity index (χ4v) is 2.78. The van der Waals surface area contributed by atoms with Gasteiger partial charge >= 0.3 is 0 Å². The summed E-state index contributed by atoms with van der Waals surface area (Å²) in [6, 6.07) is 10.4. The second-order valence-corrected chi connectivity index (χ2v) is 5.92. The number of carbonyl (C=O) groups is 1. The fraction of sp³-hybridized carbons (Fsp3) is 0.105. The number of thiocarbonyl (C=S) groups is 1. The summed E-state index contributed by atoms with van der Waals surface area (Å²) in [4.78, 5) is 11.8. The van der Waals surface area contributed by atoms with Gasteiger partial charge in [0.15, 0.2) is 24.0 Å². The highest BCUT2D eigenvalue weighted by Crippen LogP contribution is 2.30. The molecule has 0 spiro atoms. The third-order valence-electron chi connectivity index (χ3n) is 3.69. The standard InChI is InChI=1S/C19H17N3O3S/c1-2-8-20-19(26)17(22-9-4-3-5-10-22)18(24)13-6-7-15-14(11-13)21-16(23)12-25-15/h2-7,9-11H,1,8,12H2,(H2-,20,21,23,24,26). The van der Waals surface area contributed by atoms with Crippen LogP contribution >= 0.6 is 12.2 Å². The van der Waals surface area contributed by atoms with Crippen LogP contribution in [0.5, 0.6) is 5.75 Å². The molecule has 3 rings (SSSR count). The first kappa shape index (κ1) is 17.6. The molecule has 1 aliphatic heterocycles. The number of benzene rings is 1. The first-order valence-corrected chi connectivity index (χ1v) is 8.35. The molecule has 2 N–H and O–H groups in total. The molecule has 6 nitrogen and oxygen atoms in total. The van der Waals surface area contributed by atoms with Crippen molar-refractivity contribution in [2.75, 3.05) is 18.5 Å². The Morgan fingerprint density at radius 3 is 2.88 bits per heavy atom. The molecule has 2 heterocycles. The van der Waals surface area contributed by atoms with Gasteiger partial charge in [-0.15, -0.1) is 6.58 Å². The third-order valence-corrected chi connectivity index (χ3v) is 4.02. The number of anilines is 1. The van der Waals surface area contributed by atoms with Crippen molar-refractivity contribution in [1.29, 1.82) is 0 Å². The molecule has 2 aromatic rings. The Morgan fingerprint density at radius 2 is 2.15 bits per heavy atom. The van der Waals surface area contributed by atoms with E-state index in [1.165, 1.54) is 0 Å². The summed E-state index contributed by atoms with van der Waals surface area (Å²) in [6.07, 6.45) is 5.16. The molecule has 132 valence electrons. The summed E-state index contributed by atoms with van der Waals surface area (Å²) in [5.41, 5.74) is 1.17. The Kier molecular flexibility index (Phi) is 5.28. The molecule has 0 atom stereocenters. The molecule has 0 fully saturated rings. The van der Waals surface area contributed by atoms with E-state index in [0.717, 1.165) is 0 Å². The fourth-order valence-electron chi connectivity index (χ4n) is 2.50. The molecule has 1 aliphatic rings. The van der Waals surface area contributed by atoms with Crippen LogP contribution in [-0.2, 0) is 4.79 Å². The number of hydrogen-bond acceptors (Lipinski definition) is 4. The zero-order valence-electron chi connectivity index (χ0n) is 13.9. The lowest BCUT2D eigenvalue weighted by atomic mass is 10.1. The van der Waals surface area contributed by atoms with Crippen LogP contribution in [0.1, 0.15) is 5.56 Å². The topological polar surface area (TPSA) is 77.3 Å². The minimum Gasteiger partial charge on any atom is -0.867 e. The zero-order chi connectivity index (χ0) is 18.5. The van der Waals surface area contributed by atoms with Crippen LogP contribution < -0.4 is 25.0 Å². The first-order valence-electron chi connectivity index (χ1n) is 7.94. The van der Waals surface area contributed by atoms with E-state index in [2.05, 4.69) is 17.2 Å². The van der Waals surface area contributed by atoms with Crippen molar-refractivity contribution in [2.24, 2.45) is 0 Å². The molecule has 7 heteroatoms. The van der Waals surface area contributed by atoms with Gasteiger partial charge in [0.1, 0.15) is 5.75 Å².